The van der Waals surface area contributed by atoms with Crippen LogP contribution >= 0.6 is 15.9 Å². The molecule has 0 heterocycles. The first-order valence-corrected chi connectivity index (χ1v) is 4.37. The number of hydrogen-bond acceptors (Lipinski definition) is 2. The van der Waals surface area contributed by atoms with Crippen molar-refractivity contribution in [3.63, 3.8) is 0 Å². The Kier molecular flexibility index (Phi) is 2.85. The second-order valence-corrected chi connectivity index (χ2v) is 3.42. The fourth-order valence-electron chi connectivity index (χ4n) is 1.10. The molecular weight excluding hydrogens is 216 g/mol. The fourth-order valence-corrected chi connectivity index (χ4v) is 1.82. The molecule has 0 aliphatic rings. The molecule has 1 rings (SSSR count). The van der Waals surface area contributed by atoms with Crippen molar-refractivity contribution >= 4 is 15.9 Å². The van der Waals surface area contributed by atoms with Crippen LogP contribution in [0.3, 0.4) is 0 Å². The smallest absolute Gasteiger partial charge is 0.0992 e. The normalized spacial score (nSPS) is 9.50. The number of nitrogens with two attached hydrogens (primary N) is 1. The molecule has 1 aromatic carbocycles. The maximum Gasteiger partial charge on any atom is 0.0992 e. The van der Waals surface area contributed by atoms with Crippen molar-refractivity contribution in [2.45, 2.75) is 13.5 Å². The third-order valence-electron chi connectivity index (χ3n) is 1.75. The van der Waals surface area contributed by atoms with E-state index in [1.807, 2.05) is 13.0 Å². The lowest BCUT2D eigenvalue weighted by atomic mass is 10.1. The van der Waals surface area contributed by atoms with Gasteiger partial charge in [0, 0.05) is 11.0 Å². The minimum Gasteiger partial charge on any atom is -0.326 e. The number of halogens is 1. The fraction of sp³-hybridized carbons (Fsp3) is 0.222. The summed E-state index contributed by atoms with van der Waals surface area (Å²) >= 11 is 3.37. The Bertz CT molecular complexity index is 316. The van der Waals surface area contributed by atoms with Crippen LogP contribution in [0.2, 0.25) is 0 Å². The second-order valence-electron chi connectivity index (χ2n) is 2.57. The van der Waals surface area contributed by atoms with Crippen LogP contribution in [0.5, 0.6) is 0 Å². The lowest BCUT2D eigenvalue weighted by molar-refractivity contribution is 1.04. The predicted octanol–water partition coefficient (Wildman–Crippen LogP) is 2.09. The Morgan fingerprint density at radius 2 is 2.25 bits per heavy atom. The van der Waals surface area contributed by atoms with Crippen LogP contribution in [0.15, 0.2) is 16.6 Å². The van der Waals surface area contributed by atoms with E-state index in [-0.39, 0.29) is 0 Å². The molecule has 62 valence electrons. The summed E-state index contributed by atoms with van der Waals surface area (Å²) in [4.78, 5) is 0. The Balaban J connectivity index is 3.30. The van der Waals surface area contributed by atoms with Crippen molar-refractivity contribution in [2.75, 3.05) is 0 Å². The Hall–Kier alpha value is -0.850. The zero-order valence-corrected chi connectivity index (χ0v) is 8.35. The van der Waals surface area contributed by atoms with Gasteiger partial charge in [0.1, 0.15) is 0 Å². The second kappa shape index (κ2) is 3.70. The molecule has 0 aliphatic carbocycles. The summed E-state index contributed by atoms with van der Waals surface area (Å²) in [6.07, 6.45) is 0. The van der Waals surface area contributed by atoms with Gasteiger partial charge in [-0.3, -0.25) is 0 Å². The molecule has 2 N–H and O–H groups in total. The summed E-state index contributed by atoms with van der Waals surface area (Å²) in [6.45, 7) is 2.45. The van der Waals surface area contributed by atoms with Gasteiger partial charge in [0.15, 0.2) is 0 Å². The van der Waals surface area contributed by atoms with Gasteiger partial charge in [0.25, 0.3) is 0 Å². The van der Waals surface area contributed by atoms with E-state index in [9.17, 15) is 0 Å². The standard InChI is InChI=1S/C9H9BrN2/c1-6-2-7(4-11)3-9(10)8(6)5-12/h2-3H,5,12H2,1H3. The topological polar surface area (TPSA) is 49.8 Å². The largest absolute Gasteiger partial charge is 0.326 e. The van der Waals surface area contributed by atoms with E-state index < -0.39 is 0 Å². The molecule has 0 saturated carbocycles. The zero-order valence-electron chi connectivity index (χ0n) is 6.76. The van der Waals surface area contributed by atoms with Crippen LogP contribution < -0.4 is 5.73 Å². The molecule has 0 radical (unpaired) electrons. The molecule has 2 nitrogen and oxygen atoms in total. The van der Waals surface area contributed by atoms with E-state index >= 15 is 0 Å². The molecule has 0 fully saturated rings. The first kappa shape index (κ1) is 9.24. The van der Waals surface area contributed by atoms with Gasteiger partial charge in [-0.15, -0.1) is 0 Å². The maximum atomic E-state index is 8.65. The number of rotatable bonds is 1. The highest BCUT2D eigenvalue weighted by Gasteiger charge is 2.03. The highest BCUT2D eigenvalue weighted by atomic mass is 79.9. The predicted molar refractivity (Wildman–Crippen MR) is 51.5 cm³/mol. The van der Waals surface area contributed by atoms with Gasteiger partial charge in [-0.2, -0.15) is 5.26 Å². The summed E-state index contributed by atoms with van der Waals surface area (Å²) in [5.41, 5.74) is 8.32. The Labute approximate surface area is 80.1 Å². The van der Waals surface area contributed by atoms with Crippen molar-refractivity contribution in [3.8, 4) is 6.07 Å². The van der Waals surface area contributed by atoms with Crippen molar-refractivity contribution in [1.82, 2.24) is 0 Å². The quantitative estimate of drug-likeness (QED) is 0.795. The van der Waals surface area contributed by atoms with Crippen molar-refractivity contribution in [3.05, 3.63) is 33.3 Å². The summed E-state index contributed by atoms with van der Waals surface area (Å²) < 4.78 is 0.918. The molecular formula is C9H9BrN2. The van der Waals surface area contributed by atoms with E-state index in [0.29, 0.717) is 12.1 Å². The van der Waals surface area contributed by atoms with Crippen LogP contribution in [0, 0.1) is 18.3 Å². The number of nitriles is 1. The summed E-state index contributed by atoms with van der Waals surface area (Å²) in [6, 6.07) is 5.72. The Morgan fingerprint density at radius 3 is 2.67 bits per heavy atom. The summed E-state index contributed by atoms with van der Waals surface area (Å²) in [5.74, 6) is 0. The summed E-state index contributed by atoms with van der Waals surface area (Å²) in [5, 5.41) is 8.65. The lowest BCUT2D eigenvalue weighted by Crippen LogP contribution is -2.00. The third kappa shape index (κ3) is 1.66. The molecule has 0 aliphatic heterocycles. The van der Waals surface area contributed by atoms with Crippen LogP contribution in [-0.2, 0) is 6.54 Å². The first-order valence-electron chi connectivity index (χ1n) is 3.58. The molecule has 0 bridgehead atoms. The molecule has 0 amide bonds. The molecule has 0 unspecified atom stereocenters. The lowest BCUT2D eigenvalue weighted by Gasteiger charge is -2.05. The van der Waals surface area contributed by atoms with Gasteiger partial charge in [-0.05, 0) is 30.2 Å². The van der Waals surface area contributed by atoms with Gasteiger partial charge < -0.3 is 5.73 Å². The molecule has 0 spiro atoms. The zero-order chi connectivity index (χ0) is 9.14. The average Bonchev–Trinajstić information content (AvgIpc) is 2.03. The molecule has 3 heteroatoms. The van der Waals surface area contributed by atoms with Crippen molar-refractivity contribution in [2.24, 2.45) is 5.73 Å². The van der Waals surface area contributed by atoms with Crippen LogP contribution in [0.4, 0.5) is 0 Å². The molecule has 0 atom stereocenters. The van der Waals surface area contributed by atoms with Crippen LogP contribution in [-0.4, -0.2) is 0 Å². The molecule has 1 aromatic rings. The number of nitrogens with zero attached hydrogens (tertiary/aromatic N) is 1. The highest BCUT2D eigenvalue weighted by Crippen LogP contribution is 2.21. The van der Waals surface area contributed by atoms with Gasteiger partial charge in [0.2, 0.25) is 0 Å². The minimum absolute atomic E-state index is 0.498. The minimum atomic E-state index is 0.498. The van der Waals surface area contributed by atoms with Crippen molar-refractivity contribution < 1.29 is 0 Å². The van der Waals surface area contributed by atoms with E-state index in [1.54, 1.807) is 6.07 Å². The number of benzene rings is 1. The van der Waals surface area contributed by atoms with Gasteiger partial charge in [-0.1, -0.05) is 15.9 Å². The van der Waals surface area contributed by atoms with E-state index in [4.69, 9.17) is 11.0 Å². The number of aryl methyl sites for hydroxylation is 1. The van der Waals surface area contributed by atoms with Gasteiger partial charge in [-0.25, -0.2) is 0 Å². The summed E-state index contributed by atoms with van der Waals surface area (Å²) in [7, 11) is 0. The number of hydrogen-bond donors (Lipinski definition) is 1. The Morgan fingerprint density at radius 1 is 1.58 bits per heavy atom. The molecule has 0 saturated heterocycles. The SMILES string of the molecule is Cc1cc(C#N)cc(Br)c1CN. The maximum absolute atomic E-state index is 8.65. The molecule has 12 heavy (non-hydrogen) atoms. The van der Waals surface area contributed by atoms with Gasteiger partial charge >= 0.3 is 0 Å². The highest BCUT2D eigenvalue weighted by molar-refractivity contribution is 9.10. The van der Waals surface area contributed by atoms with Crippen molar-refractivity contribution in [1.29, 1.82) is 5.26 Å². The monoisotopic (exact) mass is 224 g/mol. The first-order chi connectivity index (χ1) is 5.69. The molecule has 0 aromatic heterocycles. The van der Waals surface area contributed by atoms with E-state index in [2.05, 4.69) is 22.0 Å². The van der Waals surface area contributed by atoms with Gasteiger partial charge in [0.05, 0.1) is 11.6 Å². The van der Waals surface area contributed by atoms with E-state index in [1.165, 1.54) is 0 Å². The average molecular weight is 225 g/mol. The van der Waals surface area contributed by atoms with Crippen LogP contribution in [0.25, 0.3) is 0 Å². The van der Waals surface area contributed by atoms with Crippen LogP contribution in [0.1, 0.15) is 16.7 Å². The third-order valence-corrected chi connectivity index (χ3v) is 2.46. The van der Waals surface area contributed by atoms with E-state index in [0.717, 1.165) is 15.6 Å².